The van der Waals surface area contributed by atoms with Crippen LogP contribution in [-0.2, 0) is 0 Å². The lowest BCUT2D eigenvalue weighted by Crippen LogP contribution is -2.24. The van der Waals surface area contributed by atoms with Crippen LogP contribution in [0.2, 0.25) is 5.02 Å². The van der Waals surface area contributed by atoms with Gasteiger partial charge in [0.2, 0.25) is 11.6 Å². The number of carbonyl (C=O) groups is 2. The number of halogens is 1. The van der Waals surface area contributed by atoms with E-state index >= 15 is 0 Å². The fourth-order valence-electron chi connectivity index (χ4n) is 3.49. The van der Waals surface area contributed by atoms with Crippen molar-refractivity contribution >= 4 is 23.2 Å². The summed E-state index contributed by atoms with van der Waals surface area (Å²) in [5.41, 5.74) is 3.55. The van der Waals surface area contributed by atoms with E-state index in [9.17, 15) is 9.59 Å². The predicted molar refractivity (Wildman–Crippen MR) is 111 cm³/mol. The van der Waals surface area contributed by atoms with Crippen molar-refractivity contribution in [2.75, 3.05) is 0 Å². The molecule has 0 saturated heterocycles. The number of fused-ring (bicyclic) bond motifs is 2. The van der Waals surface area contributed by atoms with Crippen LogP contribution in [0.3, 0.4) is 0 Å². The van der Waals surface area contributed by atoms with Crippen molar-refractivity contribution in [3.8, 4) is 22.5 Å². The Bertz CT molecular complexity index is 1280. The topological polar surface area (TPSA) is 59.9 Å². The van der Waals surface area contributed by atoms with Crippen molar-refractivity contribution in [3.63, 3.8) is 0 Å². The molecule has 0 radical (unpaired) electrons. The van der Waals surface area contributed by atoms with Crippen molar-refractivity contribution in [2.24, 2.45) is 0 Å². The van der Waals surface area contributed by atoms with E-state index in [4.69, 9.17) is 11.6 Å². The van der Waals surface area contributed by atoms with Gasteiger partial charge in [0.1, 0.15) is 11.4 Å². The Kier molecular flexibility index (Phi) is 4.07. The van der Waals surface area contributed by atoms with Crippen LogP contribution in [0, 0.1) is 0 Å². The minimum atomic E-state index is -0.294. The molecule has 1 aliphatic rings. The summed E-state index contributed by atoms with van der Waals surface area (Å²) in [7, 11) is 0. The Morgan fingerprint density at radius 1 is 0.517 bits per heavy atom. The average molecular weight is 397 g/mol. The van der Waals surface area contributed by atoms with Crippen LogP contribution in [0.1, 0.15) is 32.1 Å². The Morgan fingerprint density at radius 3 is 1.48 bits per heavy atom. The summed E-state index contributed by atoms with van der Waals surface area (Å²) in [6, 6.07) is 23.4. The number of ketones is 2. The zero-order valence-electron chi connectivity index (χ0n) is 15.1. The molecular weight excluding hydrogens is 384 g/mol. The summed E-state index contributed by atoms with van der Waals surface area (Å²) in [6.45, 7) is 0. The van der Waals surface area contributed by atoms with Gasteiger partial charge in [0.15, 0.2) is 0 Å². The molecule has 1 aliphatic carbocycles. The van der Waals surface area contributed by atoms with E-state index < -0.39 is 0 Å². The molecular formula is C24H13ClN2O2. The molecule has 3 aromatic carbocycles. The van der Waals surface area contributed by atoms with Crippen LogP contribution in [0.15, 0.2) is 78.9 Å². The van der Waals surface area contributed by atoms with Gasteiger partial charge in [-0.05, 0) is 12.1 Å². The van der Waals surface area contributed by atoms with Gasteiger partial charge in [-0.2, -0.15) is 0 Å². The van der Waals surface area contributed by atoms with Gasteiger partial charge in [0.25, 0.3) is 0 Å². The molecule has 0 saturated carbocycles. The highest BCUT2D eigenvalue weighted by Gasteiger charge is 2.33. The third-order valence-electron chi connectivity index (χ3n) is 4.91. The van der Waals surface area contributed by atoms with Crippen LogP contribution in [0.5, 0.6) is 0 Å². The van der Waals surface area contributed by atoms with Crippen LogP contribution in [0.25, 0.3) is 22.5 Å². The molecule has 4 aromatic rings. The molecule has 5 heteroatoms. The molecule has 0 atom stereocenters. The fraction of sp³-hybridized carbons (Fsp3) is 0. The zero-order valence-corrected chi connectivity index (χ0v) is 15.9. The van der Waals surface area contributed by atoms with Crippen LogP contribution >= 0.6 is 11.6 Å². The molecule has 0 amide bonds. The monoisotopic (exact) mass is 396 g/mol. The lowest BCUT2D eigenvalue weighted by Gasteiger charge is -2.19. The molecule has 0 fully saturated rings. The summed E-state index contributed by atoms with van der Waals surface area (Å²) < 4.78 is 0. The molecule has 138 valence electrons. The van der Waals surface area contributed by atoms with Gasteiger partial charge in [-0.3, -0.25) is 9.59 Å². The summed E-state index contributed by atoms with van der Waals surface area (Å²) in [5, 5.41) is 0.598. The smallest absolute Gasteiger partial charge is 0.214 e. The minimum Gasteiger partial charge on any atom is -0.287 e. The van der Waals surface area contributed by atoms with Gasteiger partial charge in [-0.1, -0.05) is 78.3 Å². The van der Waals surface area contributed by atoms with E-state index in [0.29, 0.717) is 27.5 Å². The van der Waals surface area contributed by atoms with E-state index in [1.165, 1.54) is 0 Å². The Morgan fingerprint density at radius 2 is 0.966 bits per heavy atom. The number of hydrogen-bond acceptors (Lipinski definition) is 4. The first kappa shape index (κ1) is 17.5. The van der Waals surface area contributed by atoms with Crippen molar-refractivity contribution in [3.05, 3.63) is 106 Å². The second-order valence-corrected chi connectivity index (χ2v) is 7.13. The van der Waals surface area contributed by atoms with Crippen molar-refractivity contribution < 1.29 is 9.59 Å². The molecule has 1 aromatic heterocycles. The van der Waals surface area contributed by atoms with E-state index in [-0.39, 0.29) is 23.0 Å². The highest BCUT2D eigenvalue weighted by Crippen LogP contribution is 2.34. The number of nitrogens with zero attached hydrogens (tertiary/aromatic N) is 2. The minimum absolute atomic E-state index is 0.0818. The van der Waals surface area contributed by atoms with E-state index in [2.05, 4.69) is 9.97 Å². The molecule has 0 aliphatic heterocycles. The molecule has 0 unspecified atom stereocenters. The second kappa shape index (κ2) is 6.76. The lowest BCUT2D eigenvalue weighted by molar-refractivity contribution is 0.0971. The maximum absolute atomic E-state index is 13.1. The second-order valence-electron chi connectivity index (χ2n) is 6.69. The van der Waals surface area contributed by atoms with Gasteiger partial charge in [0, 0.05) is 27.3 Å². The van der Waals surface area contributed by atoms with Crippen LogP contribution < -0.4 is 0 Å². The Hall–Kier alpha value is -3.63. The zero-order chi connectivity index (χ0) is 20.0. The van der Waals surface area contributed by atoms with Gasteiger partial charge >= 0.3 is 0 Å². The van der Waals surface area contributed by atoms with Gasteiger partial charge in [-0.25, -0.2) is 9.97 Å². The standard InChI is InChI=1S/C24H13ClN2O2/c25-16-12-10-15(11-13-16)20-19(14-6-2-1-3-7-14)26-21-22(27-20)24(29)18-9-5-4-8-17(18)23(21)28/h1-13H. The molecule has 4 nitrogen and oxygen atoms in total. The van der Waals surface area contributed by atoms with Crippen molar-refractivity contribution in [2.45, 2.75) is 0 Å². The quantitative estimate of drug-likeness (QED) is 0.409. The molecule has 29 heavy (non-hydrogen) atoms. The largest absolute Gasteiger partial charge is 0.287 e. The van der Waals surface area contributed by atoms with Crippen LogP contribution in [0.4, 0.5) is 0 Å². The van der Waals surface area contributed by atoms with Crippen molar-refractivity contribution in [1.82, 2.24) is 9.97 Å². The molecule has 0 N–H and O–H groups in total. The number of benzene rings is 3. The van der Waals surface area contributed by atoms with Gasteiger partial charge in [0.05, 0.1) is 11.4 Å². The predicted octanol–water partition coefficient (Wildman–Crippen LogP) is 5.24. The maximum Gasteiger partial charge on any atom is 0.214 e. The number of hydrogen-bond donors (Lipinski definition) is 0. The molecule has 0 bridgehead atoms. The first-order chi connectivity index (χ1) is 14.1. The third kappa shape index (κ3) is 2.85. The van der Waals surface area contributed by atoms with Crippen molar-refractivity contribution in [1.29, 1.82) is 0 Å². The first-order valence-corrected chi connectivity index (χ1v) is 9.43. The van der Waals surface area contributed by atoms with E-state index in [1.54, 1.807) is 36.4 Å². The maximum atomic E-state index is 13.1. The summed E-state index contributed by atoms with van der Waals surface area (Å²) in [5.74, 6) is -0.583. The Labute approximate surface area is 171 Å². The number of carbonyl (C=O) groups excluding carboxylic acids is 2. The molecule has 1 heterocycles. The summed E-state index contributed by atoms with van der Waals surface area (Å²) in [4.78, 5) is 35.4. The normalized spacial score (nSPS) is 12.4. The highest BCUT2D eigenvalue weighted by molar-refractivity contribution is 6.30. The van der Waals surface area contributed by atoms with Crippen LogP contribution in [-0.4, -0.2) is 21.5 Å². The number of rotatable bonds is 2. The average Bonchev–Trinajstić information content (AvgIpc) is 2.78. The highest BCUT2D eigenvalue weighted by atomic mass is 35.5. The third-order valence-corrected chi connectivity index (χ3v) is 5.16. The van der Waals surface area contributed by atoms with Gasteiger partial charge < -0.3 is 0 Å². The fourth-order valence-corrected chi connectivity index (χ4v) is 3.62. The van der Waals surface area contributed by atoms with Gasteiger partial charge in [-0.15, -0.1) is 0 Å². The summed E-state index contributed by atoms with van der Waals surface area (Å²) in [6.07, 6.45) is 0. The first-order valence-electron chi connectivity index (χ1n) is 9.05. The SMILES string of the molecule is O=C1c2ccccc2C(=O)c2nc(-c3ccc(Cl)cc3)c(-c3ccccc3)nc21. The summed E-state index contributed by atoms with van der Waals surface area (Å²) >= 11 is 6.03. The Balaban J connectivity index is 1.80. The van der Waals surface area contributed by atoms with E-state index in [1.807, 2.05) is 42.5 Å². The molecule has 0 spiro atoms. The molecule has 5 rings (SSSR count). The van der Waals surface area contributed by atoms with E-state index in [0.717, 1.165) is 11.1 Å². The number of aromatic nitrogens is 2. The lowest BCUT2D eigenvalue weighted by atomic mass is 9.89.